The number of cyclic esters (lactones) is 1. The van der Waals surface area contributed by atoms with E-state index in [1.165, 1.54) is 17.1 Å². The van der Waals surface area contributed by atoms with Crippen molar-refractivity contribution in [3.05, 3.63) is 84.4 Å². The van der Waals surface area contributed by atoms with Crippen LogP contribution in [-0.2, 0) is 9.53 Å². The third-order valence-electron chi connectivity index (χ3n) is 6.47. The van der Waals surface area contributed by atoms with Crippen LogP contribution < -0.4 is 0 Å². The fourth-order valence-electron chi connectivity index (χ4n) is 3.96. The van der Waals surface area contributed by atoms with Gasteiger partial charge in [0.2, 0.25) is 0 Å². The highest BCUT2D eigenvalue weighted by atomic mass is 19.4. The number of aliphatic carboxylic acids is 1. The Morgan fingerprint density at radius 2 is 1.98 bits per heavy atom. The lowest BCUT2D eigenvalue weighted by atomic mass is 9.99. The number of ether oxygens (including phenoxy) is 1. The number of pyridine rings is 1. The van der Waals surface area contributed by atoms with Crippen LogP contribution in [0.3, 0.4) is 0 Å². The summed E-state index contributed by atoms with van der Waals surface area (Å²) in [7, 11) is 0. The number of carboxylic acid groups (broad SMARTS) is 1. The Morgan fingerprint density at radius 1 is 1.27 bits per heavy atom. The molecule has 0 spiro atoms. The minimum Gasteiger partial charge on any atom is -0.478 e. The van der Waals surface area contributed by atoms with Crippen LogP contribution in [-0.4, -0.2) is 70.9 Å². The second kappa shape index (κ2) is 17.9. The zero-order chi connectivity index (χ0) is 31.0. The van der Waals surface area contributed by atoms with E-state index in [9.17, 15) is 22.8 Å². The molecule has 0 bridgehead atoms. The summed E-state index contributed by atoms with van der Waals surface area (Å²) in [6.07, 6.45) is 5.57. The molecule has 1 aromatic heterocycles. The van der Waals surface area contributed by atoms with E-state index in [0.717, 1.165) is 24.1 Å². The van der Waals surface area contributed by atoms with Gasteiger partial charge in [-0.05, 0) is 68.6 Å². The summed E-state index contributed by atoms with van der Waals surface area (Å²) >= 11 is 0. The van der Waals surface area contributed by atoms with Gasteiger partial charge in [0.1, 0.15) is 0 Å². The monoisotopic (exact) mass is 577 g/mol. The Kier molecular flexibility index (Phi) is 15.4. The first-order valence-corrected chi connectivity index (χ1v) is 13.7. The Balaban J connectivity index is 0.00000411. The molecule has 0 aliphatic carbocycles. The molecule has 1 amide bonds. The molecule has 0 radical (unpaired) electrons. The molecule has 7 nitrogen and oxygen atoms in total. The largest absolute Gasteiger partial charge is 0.478 e. The highest BCUT2D eigenvalue weighted by Crippen LogP contribution is 2.30. The van der Waals surface area contributed by atoms with E-state index < -0.39 is 23.8 Å². The zero-order valence-electron chi connectivity index (χ0n) is 24.4. The summed E-state index contributed by atoms with van der Waals surface area (Å²) in [5.41, 5.74) is 1.21. The highest BCUT2D eigenvalue weighted by molar-refractivity contribution is 5.89. The molecule has 1 unspecified atom stereocenters. The smallest absolute Gasteiger partial charge is 0.414 e. The fraction of sp³-hybridized carbons (Fsp3) is 0.452. The van der Waals surface area contributed by atoms with Crippen LogP contribution in [0.25, 0.3) is 5.57 Å². The van der Waals surface area contributed by atoms with Gasteiger partial charge in [-0.2, -0.15) is 13.2 Å². The van der Waals surface area contributed by atoms with Crippen molar-refractivity contribution >= 4 is 17.6 Å². The van der Waals surface area contributed by atoms with Crippen molar-refractivity contribution < 1.29 is 32.6 Å². The van der Waals surface area contributed by atoms with Crippen molar-refractivity contribution in [2.24, 2.45) is 5.92 Å². The van der Waals surface area contributed by atoms with E-state index in [1.54, 1.807) is 31.5 Å². The second-order valence-corrected chi connectivity index (χ2v) is 9.19. The van der Waals surface area contributed by atoms with Crippen molar-refractivity contribution in [2.75, 3.05) is 32.8 Å². The summed E-state index contributed by atoms with van der Waals surface area (Å²) in [4.78, 5) is 31.2. The third kappa shape index (κ3) is 12.2. The van der Waals surface area contributed by atoms with Gasteiger partial charge < -0.3 is 9.84 Å². The summed E-state index contributed by atoms with van der Waals surface area (Å²) in [5.74, 6) is -1.11. The summed E-state index contributed by atoms with van der Waals surface area (Å²) in [6, 6.07) is 3.58. The van der Waals surface area contributed by atoms with Gasteiger partial charge in [-0.3, -0.25) is 14.8 Å². The van der Waals surface area contributed by atoms with E-state index in [1.807, 2.05) is 32.9 Å². The Bertz CT molecular complexity index is 1110. The van der Waals surface area contributed by atoms with Gasteiger partial charge in [0.15, 0.2) is 0 Å². The van der Waals surface area contributed by atoms with E-state index in [4.69, 9.17) is 9.84 Å². The first kappa shape index (κ1) is 35.4. The third-order valence-corrected chi connectivity index (χ3v) is 6.47. The van der Waals surface area contributed by atoms with Crippen LogP contribution in [0.15, 0.2) is 78.8 Å². The molecule has 226 valence electrons. The lowest BCUT2D eigenvalue weighted by Gasteiger charge is -2.33. The molecule has 2 heterocycles. The maximum absolute atomic E-state index is 13.0. The molecule has 1 aliphatic rings. The maximum atomic E-state index is 13.0. The number of halogens is 3. The number of nitrogens with zero attached hydrogens (tertiary/aromatic N) is 3. The number of carbonyl (C=O) groups is 2. The molecule has 1 fully saturated rings. The topological polar surface area (TPSA) is 83.0 Å². The number of likely N-dealkylation sites (N-methyl/N-ethyl adjacent to an activating group) is 1. The molecule has 1 atom stereocenters. The molecule has 1 N–H and O–H groups in total. The number of hydrogen-bond acceptors (Lipinski definition) is 5. The van der Waals surface area contributed by atoms with Crippen molar-refractivity contribution in [3.63, 3.8) is 0 Å². The summed E-state index contributed by atoms with van der Waals surface area (Å²) < 4.78 is 44.3. The molecule has 1 aromatic rings. The molecular weight excluding hydrogens is 535 g/mol. The van der Waals surface area contributed by atoms with Gasteiger partial charge in [0.25, 0.3) is 0 Å². The number of rotatable bonds is 14. The Hall–Kier alpha value is -3.66. The van der Waals surface area contributed by atoms with Crippen LogP contribution in [0.1, 0.15) is 52.5 Å². The zero-order valence-corrected chi connectivity index (χ0v) is 24.4. The van der Waals surface area contributed by atoms with Crippen molar-refractivity contribution in [3.8, 4) is 0 Å². The van der Waals surface area contributed by atoms with E-state index in [0.29, 0.717) is 25.3 Å². The quantitative estimate of drug-likeness (QED) is 0.142. The number of amides is 1. The number of carboxylic acids is 1. The average Bonchev–Trinajstić information content (AvgIpc) is 2.96. The van der Waals surface area contributed by atoms with Crippen molar-refractivity contribution in [1.82, 2.24) is 14.8 Å². The highest BCUT2D eigenvalue weighted by Gasteiger charge is 2.31. The number of alkyl halides is 3. The van der Waals surface area contributed by atoms with Gasteiger partial charge in [0, 0.05) is 42.7 Å². The number of carbonyl (C=O) groups excluding carboxylic acids is 1. The Labute approximate surface area is 241 Å². The van der Waals surface area contributed by atoms with Gasteiger partial charge in [-0.1, -0.05) is 52.1 Å². The van der Waals surface area contributed by atoms with E-state index in [-0.39, 0.29) is 30.9 Å². The molecule has 1 aliphatic heterocycles. The van der Waals surface area contributed by atoms with E-state index in [2.05, 4.69) is 23.0 Å². The minimum atomic E-state index is -4.42. The molecule has 41 heavy (non-hydrogen) atoms. The number of hydrogen-bond donors (Lipinski definition) is 1. The van der Waals surface area contributed by atoms with Crippen LogP contribution >= 0.6 is 0 Å². The van der Waals surface area contributed by atoms with Gasteiger partial charge in [-0.15, -0.1) is 0 Å². The summed E-state index contributed by atoms with van der Waals surface area (Å²) in [5, 5.41) is 9.01. The van der Waals surface area contributed by atoms with Gasteiger partial charge >= 0.3 is 18.2 Å². The molecule has 2 rings (SSSR count). The van der Waals surface area contributed by atoms with Crippen LogP contribution in [0, 0.1) is 5.92 Å². The predicted octanol–water partition coefficient (Wildman–Crippen LogP) is 7.27. The Morgan fingerprint density at radius 3 is 2.54 bits per heavy atom. The van der Waals surface area contributed by atoms with Crippen LogP contribution in [0.2, 0.25) is 0 Å². The second-order valence-electron chi connectivity index (χ2n) is 9.19. The SMILES string of the molecule is C=C(/C=C\C(=C/C)N1CC(CCN(CC)C/C=C(/CCC(=C)C(F)(F)F)c2cccnc2)COC1=O)C(=O)O.CC. The van der Waals surface area contributed by atoms with E-state index >= 15 is 0 Å². The number of aromatic nitrogens is 1. The normalized spacial score (nSPS) is 16.3. The number of allylic oxidation sites excluding steroid dienone is 4. The predicted molar refractivity (Wildman–Crippen MR) is 156 cm³/mol. The standard InChI is InChI=1S/C29H36F3N3O4.C2H6/c1-5-26(12-9-21(3)27(36)37)35-19-23(20-39-28(35)38)13-16-34(6-2)17-14-24(25-8-7-15-33-18-25)11-10-22(4)29(30,31)32;1-2/h5,7-9,12,14-15,18,23H,3-4,6,10-11,13,16-17,19-20H2,1-2H3,(H,36,37);1-2H3/b12-9-,24-14-,26-5+;. The van der Waals surface area contributed by atoms with Crippen molar-refractivity contribution in [2.45, 2.75) is 53.1 Å². The molecule has 0 saturated carbocycles. The maximum Gasteiger partial charge on any atom is 0.414 e. The molecule has 1 saturated heterocycles. The molecular formula is C31H42F3N3O4. The fourth-order valence-corrected chi connectivity index (χ4v) is 3.96. The van der Waals surface area contributed by atoms with Crippen LogP contribution in [0.4, 0.5) is 18.0 Å². The average molecular weight is 578 g/mol. The first-order chi connectivity index (χ1) is 19.5. The first-order valence-electron chi connectivity index (χ1n) is 13.7. The van der Waals surface area contributed by atoms with Gasteiger partial charge in [0.05, 0.1) is 12.2 Å². The van der Waals surface area contributed by atoms with Crippen molar-refractivity contribution in [1.29, 1.82) is 0 Å². The lowest BCUT2D eigenvalue weighted by molar-refractivity contribution is -0.132. The van der Waals surface area contributed by atoms with Crippen LogP contribution in [0.5, 0.6) is 0 Å². The lowest BCUT2D eigenvalue weighted by Crippen LogP contribution is -2.43. The molecule has 10 heteroatoms. The molecule has 0 aromatic carbocycles. The summed E-state index contributed by atoms with van der Waals surface area (Å²) in [6.45, 7) is 17.0. The minimum absolute atomic E-state index is 0.0414. The van der Waals surface area contributed by atoms with Gasteiger partial charge in [-0.25, -0.2) is 9.59 Å².